The van der Waals surface area contributed by atoms with E-state index in [1.165, 1.54) is 30.6 Å². The molecule has 6 heteroatoms. The Labute approximate surface area is 185 Å². The Balaban J connectivity index is 1.45. The molecule has 2 aromatic carbocycles. The molecule has 156 valence electrons. The summed E-state index contributed by atoms with van der Waals surface area (Å²) in [5, 5.41) is 6.18. The molecule has 0 spiro atoms. The molecular formula is C25H23N3O2S. The zero-order valence-electron chi connectivity index (χ0n) is 17.1. The minimum atomic E-state index is -0.209. The van der Waals surface area contributed by atoms with Crippen molar-refractivity contribution < 1.29 is 9.53 Å². The molecule has 1 fully saturated rings. The van der Waals surface area contributed by atoms with Crippen LogP contribution in [0, 0.1) is 0 Å². The van der Waals surface area contributed by atoms with Crippen LogP contribution in [0.5, 0.6) is 5.75 Å². The number of pyridine rings is 1. The first-order chi connectivity index (χ1) is 15.3. The molecule has 5 nitrogen and oxygen atoms in total. The van der Waals surface area contributed by atoms with E-state index in [1.807, 2.05) is 53.9 Å². The van der Waals surface area contributed by atoms with Gasteiger partial charge in [-0.15, -0.1) is 11.3 Å². The van der Waals surface area contributed by atoms with Gasteiger partial charge < -0.3 is 4.74 Å². The van der Waals surface area contributed by atoms with Gasteiger partial charge in [0.1, 0.15) is 5.75 Å². The van der Waals surface area contributed by atoms with E-state index in [2.05, 4.69) is 10.3 Å². The van der Waals surface area contributed by atoms with Gasteiger partial charge in [-0.3, -0.25) is 10.1 Å². The molecular weight excluding hydrogens is 406 g/mol. The minimum Gasteiger partial charge on any atom is -0.490 e. The number of nitrogens with one attached hydrogen (secondary N) is 1. The summed E-state index contributed by atoms with van der Waals surface area (Å²) in [6.45, 7) is 0. The lowest BCUT2D eigenvalue weighted by Crippen LogP contribution is -2.19. The van der Waals surface area contributed by atoms with Gasteiger partial charge in [0.25, 0.3) is 5.91 Å². The van der Waals surface area contributed by atoms with Gasteiger partial charge >= 0.3 is 0 Å². The van der Waals surface area contributed by atoms with Crippen molar-refractivity contribution in [1.82, 2.24) is 9.97 Å². The van der Waals surface area contributed by atoms with Gasteiger partial charge in [0.15, 0.2) is 5.13 Å². The Bertz CT molecular complexity index is 1200. The molecule has 2 heterocycles. The lowest BCUT2D eigenvalue weighted by molar-refractivity contribution is 0.102. The quantitative estimate of drug-likeness (QED) is 0.403. The van der Waals surface area contributed by atoms with Crippen LogP contribution in [0.15, 0.2) is 66.2 Å². The molecule has 4 aromatic rings. The maximum absolute atomic E-state index is 12.8. The third kappa shape index (κ3) is 4.44. The average molecular weight is 430 g/mol. The number of carbonyl (C=O) groups is 1. The zero-order valence-corrected chi connectivity index (χ0v) is 17.9. The highest BCUT2D eigenvalue weighted by molar-refractivity contribution is 7.13. The number of hydrogen-bond donors (Lipinski definition) is 1. The molecule has 0 saturated heterocycles. The van der Waals surface area contributed by atoms with E-state index in [-0.39, 0.29) is 5.91 Å². The van der Waals surface area contributed by atoms with Gasteiger partial charge in [0.2, 0.25) is 0 Å². The van der Waals surface area contributed by atoms with E-state index in [1.54, 1.807) is 12.3 Å². The summed E-state index contributed by atoms with van der Waals surface area (Å²) in [6, 6.07) is 17.7. The predicted molar refractivity (Wildman–Crippen MR) is 125 cm³/mol. The molecule has 1 saturated carbocycles. The molecule has 0 aliphatic heterocycles. The van der Waals surface area contributed by atoms with E-state index >= 15 is 0 Å². The van der Waals surface area contributed by atoms with E-state index in [0.29, 0.717) is 22.3 Å². The van der Waals surface area contributed by atoms with Crippen LogP contribution >= 0.6 is 11.3 Å². The first kappa shape index (κ1) is 19.7. The van der Waals surface area contributed by atoms with E-state index < -0.39 is 0 Å². The summed E-state index contributed by atoms with van der Waals surface area (Å²) in [6.07, 6.45) is 7.99. The summed E-state index contributed by atoms with van der Waals surface area (Å²) < 4.78 is 6.23. The topological polar surface area (TPSA) is 64.1 Å². The summed E-state index contributed by atoms with van der Waals surface area (Å²) in [5.41, 5.74) is 3.00. The fraction of sp³-hybridized carbons (Fsp3) is 0.240. The van der Waals surface area contributed by atoms with Crippen molar-refractivity contribution in [3.05, 3.63) is 71.7 Å². The molecule has 0 bridgehead atoms. The van der Waals surface area contributed by atoms with E-state index in [9.17, 15) is 4.79 Å². The number of anilines is 1. The standard InChI is InChI=1S/C25H23N3O2S/c29-24(28-25-26-14-15-31-25)21-11-5-6-17-12-13-22(27-23(17)21)18-7-4-10-20(16-18)30-19-8-2-1-3-9-19/h4-7,10-16,19H,1-3,8-9H2,(H,26,28,29). The third-order valence-electron chi connectivity index (χ3n) is 5.60. The normalized spacial score (nSPS) is 14.5. The maximum Gasteiger partial charge on any atom is 0.259 e. The fourth-order valence-corrected chi connectivity index (χ4v) is 4.57. The van der Waals surface area contributed by atoms with Crippen LogP contribution in [0.1, 0.15) is 42.5 Å². The summed E-state index contributed by atoms with van der Waals surface area (Å²) in [5.74, 6) is 0.667. The second-order valence-electron chi connectivity index (χ2n) is 7.77. The zero-order chi connectivity index (χ0) is 21.0. The van der Waals surface area contributed by atoms with Gasteiger partial charge in [-0.1, -0.05) is 36.8 Å². The fourth-order valence-electron chi connectivity index (χ4n) is 4.04. The SMILES string of the molecule is O=C(Nc1nccs1)c1cccc2ccc(-c3cccc(OC4CCCCC4)c3)nc12. The average Bonchev–Trinajstić information content (AvgIpc) is 3.32. The van der Waals surface area contributed by atoms with Crippen LogP contribution in [0.25, 0.3) is 22.2 Å². The minimum absolute atomic E-state index is 0.209. The van der Waals surface area contributed by atoms with Crippen LogP contribution in [-0.2, 0) is 0 Å². The molecule has 1 aliphatic carbocycles. The highest BCUT2D eigenvalue weighted by Gasteiger charge is 2.16. The Morgan fingerprint density at radius 3 is 2.74 bits per heavy atom. The Kier molecular flexibility index (Phi) is 5.63. The number of ether oxygens (including phenoxy) is 1. The molecule has 0 atom stereocenters. The molecule has 1 N–H and O–H groups in total. The van der Waals surface area contributed by atoms with Crippen molar-refractivity contribution >= 4 is 33.3 Å². The Hall–Kier alpha value is -3.25. The van der Waals surface area contributed by atoms with Crippen LogP contribution in [0.3, 0.4) is 0 Å². The van der Waals surface area contributed by atoms with Crippen molar-refractivity contribution in [2.75, 3.05) is 5.32 Å². The largest absolute Gasteiger partial charge is 0.490 e. The van der Waals surface area contributed by atoms with E-state index in [4.69, 9.17) is 9.72 Å². The van der Waals surface area contributed by atoms with Crippen molar-refractivity contribution in [3.63, 3.8) is 0 Å². The lowest BCUT2D eigenvalue weighted by atomic mass is 9.98. The molecule has 0 radical (unpaired) electrons. The molecule has 1 aliphatic rings. The number of thiazole rings is 1. The number of rotatable bonds is 5. The molecule has 5 rings (SSSR count). The predicted octanol–water partition coefficient (Wildman–Crippen LogP) is 6.32. The Morgan fingerprint density at radius 1 is 1.03 bits per heavy atom. The van der Waals surface area contributed by atoms with Crippen molar-refractivity contribution in [2.45, 2.75) is 38.2 Å². The van der Waals surface area contributed by atoms with Crippen LogP contribution in [0.4, 0.5) is 5.13 Å². The van der Waals surface area contributed by atoms with Crippen LogP contribution in [-0.4, -0.2) is 22.0 Å². The number of hydrogen-bond acceptors (Lipinski definition) is 5. The van der Waals surface area contributed by atoms with Gasteiger partial charge in [-0.2, -0.15) is 0 Å². The number of para-hydroxylation sites is 1. The summed E-state index contributed by atoms with van der Waals surface area (Å²) >= 11 is 1.39. The van der Waals surface area contributed by atoms with Gasteiger partial charge in [0.05, 0.1) is 22.9 Å². The van der Waals surface area contributed by atoms with Crippen LogP contribution in [0.2, 0.25) is 0 Å². The molecule has 2 aromatic heterocycles. The third-order valence-corrected chi connectivity index (χ3v) is 6.29. The maximum atomic E-state index is 12.8. The first-order valence-corrected chi connectivity index (χ1v) is 11.5. The monoisotopic (exact) mass is 429 g/mol. The van der Waals surface area contributed by atoms with Crippen LogP contribution < -0.4 is 10.1 Å². The van der Waals surface area contributed by atoms with Gasteiger partial charge in [0, 0.05) is 22.5 Å². The second-order valence-corrected chi connectivity index (χ2v) is 8.67. The Morgan fingerprint density at radius 2 is 1.90 bits per heavy atom. The van der Waals surface area contributed by atoms with Gasteiger partial charge in [-0.05, 0) is 49.9 Å². The number of carbonyl (C=O) groups excluding carboxylic acids is 1. The van der Waals surface area contributed by atoms with Gasteiger partial charge in [-0.25, -0.2) is 9.97 Å². The number of fused-ring (bicyclic) bond motifs is 1. The van der Waals surface area contributed by atoms with Crippen molar-refractivity contribution in [3.8, 4) is 17.0 Å². The van der Waals surface area contributed by atoms with Crippen molar-refractivity contribution in [2.24, 2.45) is 0 Å². The summed E-state index contributed by atoms with van der Waals surface area (Å²) in [4.78, 5) is 21.8. The second kappa shape index (κ2) is 8.86. The molecule has 31 heavy (non-hydrogen) atoms. The number of amides is 1. The summed E-state index contributed by atoms with van der Waals surface area (Å²) in [7, 11) is 0. The molecule has 1 amide bonds. The highest BCUT2D eigenvalue weighted by atomic mass is 32.1. The highest BCUT2D eigenvalue weighted by Crippen LogP contribution is 2.29. The lowest BCUT2D eigenvalue weighted by Gasteiger charge is -2.23. The number of nitrogens with zero attached hydrogens (tertiary/aromatic N) is 2. The number of benzene rings is 2. The van der Waals surface area contributed by atoms with Crippen molar-refractivity contribution in [1.29, 1.82) is 0 Å². The molecule has 0 unspecified atom stereocenters. The first-order valence-electron chi connectivity index (χ1n) is 10.6. The van der Waals surface area contributed by atoms with E-state index in [0.717, 1.165) is 35.2 Å². The number of aromatic nitrogens is 2. The smallest absolute Gasteiger partial charge is 0.259 e.